The van der Waals surface area contributed by atoms with Gasteiger partial charge in [0, 0.05) is 0 Å². The molecule has 132 valence electrons. The average Bonchev–Trinajstić information content (AvgIpc) is 2.79. The van der Waals surface area contributed by atoms with Crippen molar-refractivity contribution in [1.82, 2.24) is 0 Å². The SMILES string of the molecule is O=C1O[C@H]([C@@H](O)CO[C@@H]2O[C@H](CO)[C@@H](O)[C@H](O)[C@H]2O)C(O)=C1O. The van der Waals surface area contributed by atoms with Crippen LogP contribution in [0.15, 0.2) is 11.5 Å². The topological polar surface area (TPSA) is 186 Å². The first-order valence-corrected chi connectivity index (χ1v) is 6.71. The molecule has 11 heteroatoms. The van der Waals surface area contributed by atoms with Crippen molar-refractivity contribution >= 4 is 5.97 Å². The minimum atomic E-state index is -1.66. The number of carbonyl (C=O) groups excluding carboxylic acids is 1. The van der Waals surface area contributed by atoms with Crippen molar-refractivity contribution in [3.63, 3.8) is 0 Å². The van der Waals surface area contributed by atoms with Crippen LogP contribution in [0.1, 0.15) is 0 Å². The van der Waals surface area contributed by atoms with Crippen LogP contribution in [-0.4, -0.2) is 97.8 Å². The van der Waals surface area contributed by atoms with Crippen LogP contribution >= 0.6 is 0 Å². The lowest BCUT2D eigenvalue weighted by Gasteiger charge is -2.39. The average molecular weight is 338 g/mol. The molecular formula is C12H18O11. The summed E-state index contributed by atoms with van der Waals surface area (Å²) < 4.78 is 14.6. The Kier molecular flexibility index (Phi) is 5.41. The second kappa shape index (κ2) is 6.97. The van der Waals surface area contributed by atoms with E-state index >= 15 is 0 Å². The molecule has 0 aliphatic carbocycles. The van der Waals surface area contributed by atoms with Crippen molar-refractivity contribution in [2.45, 2.75) is 42.9 Å². The summed E-state index contributed by atoms with van der Waals surface area (Å²) in [5, 5.41) is 66.3. The molecular weight excluding hydrogens is 320 g/mol. The minimum Gasteiger partial charge on any atom is -0.505 e. The van der Waals surface area contributed by atoms with E-state index in [2.05, 4.69) is 4.74 Å². The molecule has 11 nitrogen and oxygen atoms in total. The Hall–Kier alpha value is -1.47. The molecule has 0 aromatic heterocycles. The maximum Gasteiger partial charge on any atom is 0.377 e. The molecule has 1 saturated heterocycles. The molecule has 0 aromatic carbocycles. The highest BCUT2D eigenvalue weighted by molar-refractivity contribution is 5.89. The third kappa shape index (κ3) is 3.40. The molecule has 0 amide bonds. The first-order valence-electron chi connectivity index (χ1n) is 6.71. The Balaban J connectivity index is 1.94. The Labute approximate surface area is 129 Å². The predicted octanol–water partition coefficient (Wildman–Crippen LogP) is -3.58. The molecule has 1 fully saturated rings. The largest absolute Gasteiger partial charge is 0.505 e. The molecule has 0 spiro atoms. The number of cyclic esters (lactones) is 1. The van der Waals surface area contributed by atoms with E-state index in [9.17, 15) is 30.3 Å². The van der Waals surface area contributed by atoms with Crippen LogP contribution in [0.4, 0.5) is 0 Å². The molecule has 2 aliphatic heterocycles. The molecule has 0 bridgehead atoms. The van der Waals surface area contributed by atoms with Gasteiger partial charge in [0.1, 0.15) is 30.5 Å². The molecule has 0 radical (unpaired) electrons. The first-order chi connectivity index (χ1) is 10.8. The van der Waals surface area contributed by atoms with Crippen LogP contribution in [0, 0.1) is 0 Å². The Morgan fingerprint density at radius 2 is 1.78 bits per heavy atom. The van der Waals surface area contributed by atoms with Crippen molar-refractivity contribution < 1.29 is 54.8 Å². The van der Waals surface area contributed by atoms with Crippen molar-refractivity contribution in [1.29, 1.82) is 0 Å². The number of rotatable bonds is 5. The van der Waals surface area contributed by atoms with Crippen LogP contribution in [0.25, 0.3) is 0 Å². The van der Waals surface area contributed by atoms with Gasteiger partial charge >= 0.3 is 5.97 Å². The number of esters is 1. The standard InChI is InChI=1S/C12H18O11/c13-1-4-5(15)6(16)9(19)12(22-4)21-2-3(14)10-7(17)8(18)11(20)23-10/h3-6,9-10,12-19H,1-2H2/t3-,4+,5+,6-,9+,10+,12+/m0/s1. The van der Waals surface area contributed by atoms with Crippen molar-refractivity contribution in [3.8, 4) is 0 Å². The van der Waals surface area contributed by atoms with Gasteiger partial charge in [0.05, 0.1) is 13.2 Å². The van der Waals surface area contributed by atoms with E-state index in [4.69, 9.17) is 19.7 Å². The number of carbonyl (C=O) groups is 1. The fourth-order valence-corrected chi connectivity index (χ4v) is 2.21. The van der Waals surface area contributed by atoms with Gasteiger partial charge in [0.2, 0.25) is 5.76 Å². The molecule has 7 atom stereocenters. The smallest absolute Gasteiger partial charge is 0.377 e. The number of hydrogen-bond acceptors (Lipinski definition) is 11. The second-order valence-electron chi connectivity index (χ2n) is 5.16. The Morgan fingerprint density at radius 3 is 2.30 bits per heavy atom. The van der Waals surface area contributed by atoms with Gasteiger partial charge in [-0.2, -0.15) is 0 Å². The fourth-order valence-electron chi connectivity index (χ4n) is 2.21. The van der Waals surface area contributed by atoms with E-state index in [-0.39, 0.29) is 0 Å². The van der Waals surface area contributed by atoms with Gasteiger partial charge in [-0.05, 0) is 0 Å². The lowest BCUT2D eigenvalue weighted by molar-refractivity contribution is -0.305. The summed E-state index contributed by atoms with van der Waals surface area (Å²) in [6.45, 7) is -1.26. The van der Waals surface area contributed by atoms with E-state index < -0.39 is 73.6 Å². The third-order valence-corrected chi connectivity index (χ3v) is 3.57. The van der Waals surface area contributed by atoms with Gasteiger partial charge in [0.15, 0.2) is 18.2 Å². The summed E-state index contributed by atoms with van der Waals surface area (Å²) in [6, 6.07) is 0. The van der Waals surface area contributed by atoms with E-state index in [1.807, 2.05) is 0 Å². The summed E-state index contributed by atoms with van der Waals surface area (Å²) in [5.41, 5.74) is 0. The van der Waals surface area contributed by atoms with Crippen LogP contribution in [0.2, 0.25) is 0 Å². The fraction of sp³-hybridized carbons (Fsp3) is 0.750. The zero-order valence-electron chi connectivity index (χ0n) is 11.7. The monoisotopic (exact) mass is 338 g/mol. The van der Waals surface area contributed by atoms with Crippen LogP contribution in [0.3, 0.4) is 0 Å². The predicted molar refractivity (Wildman–Crippen MR) is 67.9 cm³/mol. The number of aliphatic hydroxyl groups is 7. The van der Waals surface area contributed by atoms with E-state index in [0.717, 1.165) is 0 Å². The van der Waals surface area contributed by atoms with Crippen LogP contribution in [-0.2, 0) is 19.0 Å². The first kappa shape index (κ1) is 17.9. The molecule has 23 heavy (non-hydrogen) atoms. The zero-order valence-corrected chi connectivity index (χ0v) is 11.7. The molecule has 2 heterocycles. The highest BCUT2D eigenvalue weighted by atomic mass is 16.7. The maximum atomic E-state index is 11.0. The van der Waals surface area contributed by atoms with Crippen molar-refractivity contribution in [2.75, 3.05) is 13.2 Å². The highest BCUT2D eigenvalue weighted by Crippen LogP contribution is 2.24. The quantitative estimate of drug-likeness (QED) is 0.246. The third-order valence-electron chi connectivity index (χ3n) is 3.57. The molecule has 0 aromatic rings. The van der Waals surface area contributed by atoms with E-state index in [1.165, 1.54) is 0 Å². The summed E-state index contributed by atoms with van der Waals surface area (Å²) in [4.78, 5) is 11.0. The van der Waals surface area contributed by atoms with Gasteiger partial charge in [0.25, 0.3) is 0 Å². The Morgan fingerprint density at radius 1 is 1.13 bits per heavy atom. The van der Waals surface area contributed by atoms with Crippen LogP contribution in [0.5, 0.6) is 0 Å². The van der Waals surface area contributed by atoms with Gasteiger partial charge in [-0.25, -0.2) is 4.79 Å². The number of aliphatic hydroxyl groups excluding tert-OH is 7. The summed E-state index contributed by atoms with van der Waals surface area (Å²) in [5.74, 6) is -3.10. The van der Waals surface area contributed by atoms with E-state index in [1.54, 1.807) is 0 Å². The number of ether oxygens (including phenoxy) is 3. The van der Waals surface area contributed by atoms with Gasteiger partial charge < -0.3 is 50.0 Å². The van der Waals surface area contributed by atoms with Crippen LogP contribution < -0.4 is 0 Å². The maximum absolute atomic E-state index is 11.0. The summed E-state index contributed by atoms with van der Waals surface area (Å²) in [7, 11) is 0. The molecule has 7 N–H and O–H groups in total. The lowest BCUT2D eigenvalue weighted by atomic mass is 9.99. The van der Waals surface area contributed by atoms with Gasteiger partial charge in [-0.3, -0.25) is 0 Å². The number of hydrogen-bond donors (Lipinski definition) is 7. The van der Waals surface area contributed by atoms with Crippen molar-refractivity contribution in [3.05, 3.63) is 11.5 Å². The zero-order chi connectivity index (χ0) is 17.3. The van der Waals surface area contributed by atoms with Gasteiger partial charge in [-0.1, -0.05) is 0 Å². The summed E-state index contributed by atoms with van der Waals surface area (Å²) in [6.07, 6.45) is -10.7. The minimum absolute atomic E-state index is 0.613. The Bertz CT molecular complexity index is 476. The molecule has 0 saturated carbocycles. The highest BCUT2D eigenvalue weighted by Gasteiger charge is 2.45. The van der Waals surface area contributed by atoms with Gasteiger partial charge in [-0.15, -0.1) is 0 Å². The second-order valence-corrected chi connectivity index (χ2v) is 5.16. The molecule has 0 unspecified atom stereocenters. The summed E-state index contributed by atoms with van der Waals surface area (Å²) >= 11 is 0. The van der Waals surface area contributed by atoms with E-state index in [0.29, 0.717) is 0 Å². The molecule has 2 aliphatic rings. The normalized spacial score (nSPS) is 39.4. The lowest BCUT2D eigenvalue weighted by Crippen LogP contribution is -2.59. The van der Waals surface area contributed by atoms with Crippen molar-refractivity contribution in [2.24, 2.45) is 0 Å². The molecule has 2 rings (SSSR count).